The first kappa shape index (κ1) is 16.8. The summed E-state index contributed by atoms with van der Waals surface area (Å²) in [6.45, 7) is 9.41. The third-order valence-corrected chi connectivity index (χ3v) is 7.76. The normalized spacial score (nSPS) is 37.4. The lowest BCUT2D eigenvalue weighted by Crippen LogP contribution is -3.22. The Balaban J connectivity index is 1.07. The number of hydrogen-bond acceptors (Lipinski definition) is 1. The molecule has 2 bridgehead atoms. The molecule has 1 aromatic rings. The highest BCUT2D eigenvalue weighted by molar-refractivity contribution is 5.46. The lowest BCUT2D eigenvalue weighted by atomic mass is 9.92. The Hall–Kier alpha value is -1.32. The number of fused-ring (bicyclic) bond motifs is 2. The number of piperidine rings is 1. The van der Waals surface area contributed by atoms with E-state index in [0.29, 0.717) is 0 Å². The smallest absolute Gasteiger partial charge is 0.0984 e. The van der Waals surface area contributed by atoms with Gasteiger partial charge in [-0.3, -0.25) is 0 Å². The molecule has 3 fully saturated rings. The summed E-state index contributed by atoms with van der Waals surface area (Å²) in [6.07, 6.45) is 10.9. The van der Waals surface area contributed by atoms with Crippen molar-refractivity contribution in [1.82, 2.24) is 0 Å². The van der Waals surface area contributed by atoms with Crippen LogP contribution in [0, 0.1) is 17.8 Å². The molecule has 3 nitrogen and oxygen atoms in total. The summed E-state index contributed by atoms with van der Waals surface area (Å²) in [5.74, 6) is 2.87. The van der Waals surface area contributed by atoms with Crippen molar-refractivity contribution in [1.29, 1.82) is 0 Å². The van der Waals surface area contributed by atoms with Crippen molar-refractivity contribution in [3.05, 3.63) is 42.5 Å². The zero-order chi connectivity index (χ0) is 17.3. The van der Waals surface area contributed by atoms with Crippen molar-refractivity contribution < 1.29 is 9.80 Å². The molecular weight excluding hydrogens is 318 g/mol. The fourth-order valence-electron chi connectivity index (χ4n) is 6.24. The van der Waals surface area contributed by atoms with Crippen LogP contribution >= 0.6 is 0 Å². The Morgan fingerprint density at radius 2 is 1.65 bits per heavy atom. The standard InChI is InChI=1S/C23H33N3/c1-2-4-22(5-3-1)25-12-14-26(15-13-25)23-8-10-24(11-9-23)18-21-17-19-6-7-20(21)16-19/h1-7,19-21,23H,8-18H2/p+2/t19-,20+,21-/m1/s1. The second-order valence-electron chi connectivity index (χ2n) is 9.25. The molecule has 0 spiro atoms. The minimum atomic E-state index is 0.927. The van der Waals surface area contributed by atoms with E-state index in [9.17, 15) is 0 Å². The number of quaternary nitrogens is 2. The van der Waals surface area contributed by atoms with Gasteiger partial charge in [0.05, 0.1) is 51.9 Å². The Kier molecular flexibility index (Phi) is 4.76. The number of benzene rings is 1. The number of hydrogen-bond donors (Lipinski definition) is 2. The van der Waals surface area contributed by atoms with Crippen LogP contribution in [0.5, 0.6) is 0 Å². The van der Waals surface area contributed by atoms with Gasteiger partial charge >= 0.3 is 0 Å². The van der Waals surface area contributed by atoms with Crippen LogP contribution in [0.4, 0.5) is 5.69 Å². The highest BCUT2D eigenvalue weighted by atomic mass is 15.3. The number of nitrogens with one attached hydrogen (secondary N) is 2. The average Bonchev–Trinajstić information content (AvgIpc) is 3.33. The first-order valence-corrected chi connectivity index (χ1v) is 11.0. The highest BCUT2D eigenvalue weighted by Gasteiger charge is 2.39. The second-order valence-corrected chi connectivity index (χ2v) is 9.25. The maximum atomic E-state index is 2.58. The molecule has 0 amide bonds. The summed E-state index contributed by atoms with van der Waals surface area (Å²) in [5.41, 5.74) is 1.41. The van der Waals surface area contributed by atoms with Crippen LogP contribution in [0.15, 0.2) is 42.5 Å². The monoisotopic (exact) mass is 353 g/mol. The van der Waals surface area contributed by atoms with Crippen LogP contribution in [0.2, 0.25) is 0 Å². The molecule has 2 N–H and O–H groups in total. The fourth-order valence-corrected chi connectivity index (χ4v) is 6.24. The van der Waals surface area contributed by atoms with Gasteiger partial charge in [-0.25, -0.2) is 0 Å². The topological polar surface area (TPSA) is 12.1 Å². The van der Waals surface area contributed by atoms with Gasteiger partial charge < -0.3 is 14.7 Å². The van der Waals surface area contributed by atoms with Crippen LogP contribution in [-0.4, -0.2) is 51.9 Å². The van der Waals surface area contributed by atoms with Crippen LogP contribution in [0.25, 0.3) is 0 Å². The molecule has 1 saturated carbocycles. The first-order chi connectivity index (χ1) is 12.8. The Bertz CT molecular complexity index is 612. The molecule has 0 unspecified atom stereocenters. The van der Waals surface area contributed by atoms with E-state index in [1.165, 1.54) is 77.2 Å². The lowest BCUT2D eigenvalue weighted by Gasteiger charge is -2.40. The molecule has 4 aliphatic rings. The van der Waals surface area contributed by atoms with Crippen LogP contribution < -0.4 is 14.7 Å². The SMILES string of the molecule is C1=C[C@H]2C[C@@H]1C[C@@H]2C[NH+]1CCC([NH+]2CCN(c3ccccc3)CC2)CC1. The van der Waals surface area contributed by atoms with Crippen molar-refractivity contribution in [2.75, 3.05) is 50.7 Å². The van der Waals surface area contributed by atoms with E-state index >= 15 is 0 Å². The summed E-state index contributed by atoms with van der Waals surface area (Å²) in [7, 11) is 0. The molecule has 2 heterocycles. The highest BCUT2D eigenvalue weighted by Crippen LogP contribution is 2.42. The number of anilines is 1. The Morgan fingerprint density at radius 1 is 0.885 bits per heavy atom. The molecule has 26 heavy (non-hydrogen) atoms. The maximum Gasteiger partial charge on any atom is 0.0984 e. The number of para-hydroxylation sites is 1. The zero-order valence-corrected chi connectivity index (χ0v) is 16.1. The summed E-state index contributed by atoms with van der Waals surface area (Å²) in [5, 5.41) is 0. The molecule has 2 saturated heterocycles. The van der Waals surface area contributed by atoms with Gasteiger partial charge in [0, 0.05) is 24.4 Å². The van der Waals surface area contributed by atoms with Crippen molar-refractivity contribution in [2.45, 2.75) is 31.7 Å². The number of rotatable bonds is 4. The molecule has 0 aromatic heterocycles. The third kappa shape index (κ3) is 3.44. The quantitative estimate of drug-likeness (QED) is 0.758. The van der Waals surface area contributed by atoms with E-state index in [-0.39, 0.29) is 0 Å². The van der Waals surface area contributed by atoms with E-state index in [1.54, 1.807) is 0 Å². The van der Waals surface area contributed by atoms with Gasteiger partial charge in [0.25, 0.3) is 0 Å². The van der Waals surface area contributed by atoms with Gasteiger partial charge in [0.2, 0.25) is 0 Å². The van der Waals surface area contributed by atoms with E-state index < -0.39 is 0 Å². The number of piperazine rings is 1. The predicted octanol–water partition coefficient (Wildman–Crippen LogP) is 0.651. The van der Waals surface area contributed by atoms with E-state index in [2.05, 4.69) is 47.4 Å². The molecule has 140 valence electrons. The molecular formula is C23H35N3+2. The summed E-state index contributed by atoms with van der Waals surface area (Å²) < 4.78 is 0. The fraction of sp³-hybridized carbons (Fsp3) is 0.652. The second kappa shape index (κ2) is 7.36. The average molecular weight is 354 g/mol. The Labute approximate surface area is 158 Å². The van der Waals surface area contributed by atoms with Crippen LogP contribution in [0.3, 0.4) is 0 Å². The maximum absolute atomic E-state index is 2.58. The van der Waals surface area contributed by atoms with Crippen molar-refractivity contribution in [2.24, 2.45) is 17.8 Å². The van der Waals surface area contributed by atoms with Gasteiger partial charge in [-0.1, -0.05) is 30.4 Å². The molecule has 2 aliphatic carbocycles. The molecule has 2 aliphatic heterocycles. The largest absolute Gasteiger partial charge is 0.360 e. The molecule has 5 rings (SSSR count). The summed E-state index contributed by atoms with van der Waals surface area (Å²) in [4.78, 5) is 6.38. The van der Waals surface area contributed by atoms with Gasteiger partial charge in [-0.15, -0.1) is 0 Å². The third-order valence-electron chi connectivity index (χ3n) is 7.76. The van der Waals surface area contributed by atoms with E-state index in [0.717, 1.165) is 23.8 Å². The van der Waals surface area contributed by atoms with Crippen LogP contribution in [-0.2, 0) is 0 Å². The predicted molar refractivity (Wildman–Crippen MR) is 107 cm³/mol. The van der Waals surface area contributed by atoms with Crippen molar-refractivity contribution >= 4 is 5.69 Å². The van der Waals surface area contributed by atoms with E-state index in [1.807, 2.05) is 9.80 Å². The molecule has 0 radical (unpaired) electrons. The van der Waals surface area contributed by atoms with Gasteiger partial charge in [0.15, 0.2) is 0 Å². The number of allylic oxidation sites excluding steroid dienone is 2. The summed E-state index contributed by atoms with van der Waals surface area (Å²) in [6, 6.07) is 11.9. The molecule has 1 aromatic carbocycles. The van der Waals surface area contributed by atoms with Gasteiger partial charge in [-0.05, 0) is 36.8 Å². The minimum Gasteiger partial charge on any atom is -0.360 e. The van der Waals surface area contributed by atoms with Crippen molar-refractivity contribution in [3.63, 3.8) is 0 Å². The molecule has 3 heteroatoms. The number of nitrogens with zero attached hydrogens (tertiary/aromatic N) is 1. The Morgan fingerprint density at radius 3 is 2.31 bits per heavy atom. The lowest BCUT2D eigenvalue weighted by molar-refractivity contribution is -0.959. The van der Waals surface area contributed by atoms with Gasteiger partial charge in [0.1, 0.15) is 0 Å². The zero-order valence-electron chi connectivity index (χ0n) is 16.1. The van der Waals surface area contributed by atoms with Crippen molar-refractivity contribution in [3.8, 4) is 0 Å². The van der Waals surface area contributed by atoms with Crippen LogP contribution in [0.1, 0.15) is 25.7 Å². The minimum absolute atomic E-state index is 0.927. The van der Waals surface area contributed by atoms with E-state index in [4.69, 9.17) is 0 Å². The number of likely N-dealkylation sites (tertiary alicyclic amines) is 1. The first-order valence-electron chi connectivity index (χ1n) is 11.0. The van der Waals surface area contributed by atoms with Gasteiger partial charge in [-0.2, -0.15) is 0 Å². The molecule has 3 atom stereocenters. The summed E-state index contributed by atoms with van der Waals surface area (Å²) >= 11 is 0.